The summed E-state index contributed by atoms with van der Waals surface area (Å²) < 4.78 is 12.0. The van der Waals surface area contributed by atoms with Crippen LogP contribution in [-0.4, -0.2) is 65.6 Å². The number of para-hydroxylation sites is 1. The van der Waals surface area contributed by atoms with Crippen molar-refractivity contribution >= 4 is 17.7 Å². The fourth-order valence-corrected chi connectivity index (χ4v) is 5.08. The van der Waals surface area contributed by atoms with Crippen molar-refractivity contribution in [2.24, 2.45) is 5.92 Å². The van der Waals surface area contributed by atoms with Crippen LogP contribution in [0.4, 0.5) is 0 Å². The summed E-state index contributed by atoms with van der Waals surface area (Å²) in [7, 11) is 5.92. The molecule has 1 aromatic carbocycles. The van der Waals surface area contributed by atoms with Crippen LogP contribution >= 0.6 is 0 Å². The van der Waals surface area contributed by atoms with Crippen molar-refractivity contribution < 1.29 is 29.0 Å². The number of rotatable bonds is 6. The van der Waals surface area contributed by atoms with Gasteiger partial charge in [-0.2, -0.15) is 0 Å². The molecule has 3 amide bonds. The number of likely N-dealkylation sites (N-methyl/N-ethyl adjacent to an activating group) is 1. The Morgan fingerprint density at radius 3 is 2.51 bits per heavy atom. The fourth-order valence-electron chi connectivity index (χ4n) is 5.08. The molecule has 1 fully saturated rings. The van der Waals surface area contributed by atoms with Crippen LogP contribution in [0.2, 0.25) is 0 Å². The monoisotopic (exact) mass is 513 g/mol. The van der Waals surface area contributed by atoms with Crippen LogP contribution in [0.15, 0.2) is 23.0 Å². The van der Waals surface area contributed by atoms with Crippen molar-refractivity contribution in [3.05, 3.63) is 45.6 Å². The highest BCUT2D eigenvalue weighted by Crippen LogP contribution is 2.43. The van der Waals surface area contributed by atoms with E-state index in [1.165, 1.54) is 32.9 Å². The summed E-state index contributed by atoms with van der Waals surface area (Å²) in [5, 5.41) is 16.1. The number of aromatic hydroxyl groups is 1. The quantitative estimate of drug-likeness (QED) is 0.472. The smallest absolute Gasteiger partial charge is 0.311 e. The van der Waals surface area contributed by atoms with Crippen LogP contribution in [0.1, 0.15) is 47.6 Å². The molecule has 0 unspecified atom stereocenters. The van der Waals surface area contributed by atoms with E-state index in [1.54, 1.807) is 18.2 Å². The van der Waals surface area contributed by atoms with Gasteiger partial charge in [-0.3, -0.25) is 23.7 Å². The number of fused-ring (bicyclic) bond motifs is 2. The molecule has 1 aromatic heterocycles. The first-order valence-corrected chi connectivity index (χ1v) is 12.0. The minimum Gasteiger partial charge on any atom is -0.501 e. The van der Waals surface area contributed by atoms with Crippen LogP contribution in [0, 0.1) is 5.92 Å². The second-order valence-corrected chi connectivity index (χ2v) is 9.56. The molecule has 3 aliphatic rings. The average molecular weight is 514 g/mol. The Morgan fingerprint density at radius 2 is 1.89 bits per heavy atom. The van der Waals surface area contributed by atoms with Gasteiger partial charge in [-0.25, -0.2) is 4.98 Å². The zero-order valence-corrected chi connectivity index (χ0v) is 21.3. The van der Waals surface area contributed by atoms with Gasteiger partial charge in [0, 0.05) is 32.7 Å². The topological polar surface area (TPSA) is 152 Å². The lowest BCUT2D eigenvalue weighted by molar-refractivity contribution is -0.145. The predicted molar refractivity (Wildman–Crippen MR) is 131 cm³/mol. The van der Waals surface area contributed by atoms with Gasteiger partial charge in [0.15, 0.2) is 17.2 Å². The molecular weight excluding hydrogens is 482 g/mol. The van der Waals surface area contributed by atoms with Crippen LogP contribution < -0.4 is 25.7 Å². The number of nitrogens with zero attached hydrogens (tertiary/aromatic N) is 3. The third-order valence-corrected chi connectivity index (χ3v) is 7.07. The number of benzene rings is 1. The van der Waals surface area contributed by atoms with Gasteiger partial charge in [0.05, 0.1) is 19.8 Å². The molecule has 12 heteroatoms. The minimum absolute atomic E-state index is 0.0139. The van der Waals surface area contributed by atoms with E-state index in [1.807, 2.05) is 0 Å². The Bertz CT molecular complexity index is 1300. The lowest BCUT2D eigenvalue weighted by Gasteiger charge is -2.37. The van der Waals surface area contributed by atoms with Gasteiger partial charge in [-0.05, 0) is 37.7 Å². The highest BCUT2D eigenvalue weighted by atomic mass is 16.5. The molecule has 37 heavy (non-hydrogen) atoms. The molecule has 0 spiro atoms. The molecule has 3 heterocycles. The first-order chi connectivity index (χ1) is 17.6. The predicted octanol–water partition coefficient (Wildman–Crippen LogP) is 0.500. The van der Waals surface area contributed by atoms with Crippen molar-refractivity contribution in [1.29, 1.82) is 0 Å². The number of aromatic nitrogens is 2. The van der Waals surface area contributed by atoms with E-state index in [-0.39, 0.29) is 18.3 Å². The van der Waals surface area contributed by atoms with Gasteiger partial charge in [0.1, 0.15) is 5.82 Å². The second-order valence-electron chi connectivity index (χ2n) is 9.56. The summed E-state index contributed by atoms with van der Waals surface area (Å²) in [4.78, 5) is 57.0. The van der Waals surface area contributed by atoms with E-state index in [0.29, 0.717) is 49.3 Å². The highest BCUT2D eigenvalue weighted by Gasteiger charge is 2.46. The summed E-state index contributed by atoms with van der Waals surface area (Å²) in [6.07, 6.45) is 2.28. The van der Waals surface area contributed by atoms with Gasteiger partial charge in [-0.15, -0.1) is 0 Å². The number of ether oxygens (including phenoxy) is 2. The Kier molecular flexibility index (Phi) is 7.10. The van der Waals surface area contributed by atoms with Crippen molar-refractivity contribution in [2.75, 3.05) is 28.3 Å². The molecule has 198 valence electrons. The molecule has 0 radical (unpaired) electrons. The number of methoxy groups -OCH3 is 2. The molecule has 12 nitrogen and oxygen atoms in total. The number of hydrogen-bond donors (Lipinski definition) is 3. The van der Waals surface area contributed by atoms with E-state index in [4.69, 9.17) is 9.47 Å². The van der Waals surface area contributed by atoms with Crippen LogP contribution in [0.25, 0.3) is 0 Å². The van der Waals surface area contributed by atoms with E-state index in [2.05, 4.69) is 15.6 Å². The fraction of sp³-hybridized carbons (Fsp3) is 0.480. The Labute approximate surface area is 213 Å². The maximum Gasteiger partial charge on any atom is 0.311 e. The van der Waals surface area contributed by atoms with E-state index >= 15 is 0 Å². The largest absolute Gasteiger partial charge is 0.501 e. The summed E-state index contributed by atoms with van der Waals surface area (Å²) in [5.41, 5.74) is -1.71. The summed E-state index contributed by atoms with van der Waals surface area (Å²) in [6, 6.07) is 5.20. The number of carbonyl (C=O) groups is 3. The Morgan fingerprint density at radius 1 is 1.19 bits per heavy atom. The number of hydrogen-bond acceptors (Lipinski definition) is 8. The molecular formula is C25H31N5O7. The lowest BCUT2D eigenvalue weighted by atomic mass is 9.77. The SMILES string of the molecule is COc1cccc(CNC(=O)c2nc3n(c(=O)c2O)CC2CCC3(NC(=O)C(=O)N(C)C)CC2)c1OC. The van der Waals surface area contributed by atoms with Crippen LogP contribution in [0.5, 0.6) is 17.2 Å². The number of carbonyl (C=O) groups excluding carboxylic acids is 3. The molecule has 0 atom stereocenters. The van der Waals surface area contributed by atoms with E-state index in [0.717, 1.165) is 4.90 Å². The second kappa shape index (κ2) is 10.1. The summed E-state index contributed by atoms with van der Waals surface area (Å²) in [5.74, 6) is -1.87. The third-order valence-electron chi connectivity index (χ3n) is 7.07. The van der Waals surface area contributed by atoms with Crippen molar-refractivity contribution in [2.45, 2.75) is 44.3 Å². The minimum atomic E-state index is -1.12. The van der Waals surface area contributed by atoms with Crippen LogP contribution in [0.3, 0.4) is 0 Å². The Hall–Kier alpha value is -4.09. The highest BCUT2D eigenvalue weighted by molar-refractivity contribution is 6.35. The molecule has 3 N–H and O–H groups in total. The van der Waals surface area contributed by atoms with E-state index < -0.39 is 40.3 Å². The Balaban J connectivity index is 1.70. The third kappa shape index (κ3) is 4.70. The lowest BCUT2D eigenvalue weighted by Crippen LogP contribution is -2.53. The zero-order valence-electron chi connectivity index (χ0n) is 21.3. The standard InChI is InChI=1S/C25H31N5O7/c1-29(2)23(35)21(33)28-25-10-8-14(9-11-25)13-30-22(34)18(31)17(27-24(25)30)20(32)26-12-15-6-5-7-16(36-3)19(15)37-4/h5-7,14,31H,8-13H2,1-4H3,(H,26,32)(H,28,33). The van der Waals surface area contributed by atoms with Gasteiger partial charge in [0.2, 0.25) is 5.75 Å². The molecule has 2 bridgehead atoms. The average Bonchev–Trinajstić information content (AvgIpc) is 3.14. The zero-order chi connectivity index (χ0) is 26.9. The molecule has 2 aromatic rings. The molecule has 1 aliphatic carbocycles. The molecule has 2 aliphatic heterocycles. The van der Waals surface area contributed by atoms with E-state index in [9.17, 15) is 24.3 Å². The number of nitrogens with one attached hydrogen (secondary N) is 2. The number of amides is 3. The van der Waals surface area contributed by atoms with Crippen molar-refractivity contribution in [1.82, 2.24) is 25.1 Å². The first kappa shape index (κ1) is 26.0. The van der Waals surface area contributed by atoms with Crippen molar-refractivity contribution in [3.63, 3.8) is 0 Å². The first-order valence-electron chi connectivity index (χ1n) is 12.0. The maximum absolute atomic E-state index is 13.2. The van der Waals surface area contributed by atoms with Gasteiger partial charge < -0.3 is 30.1 Å². The molecule has 0 saturated heterocycles. The van der Waals surface area contributed by atoms with Gasteiger partial charge >= 0.3 is 11.8 Å². The maximum atomic E-state index is 13.2. The normalized spacial score (nSPS) is 19.8. The summed E-state index contributed by atoms with van der Waals surface area (Å²) in [6.45, 7) is 0.316. The van der Waals surface area contributed by atoms with Gasteiger partial charge in [-0.1, -0.05) is 12.1 Å². The molecule has 1 saturated carbocycles. The van der Waals surface area contributed by atoms with Crippen LogP contribution in [-0.2, 0) is 28.2 Å². The summed E-state index contributed by atoms with van der Waals surface area (Å²) >= 11 is 0. The van der Waals surface area contributed by atoms with Crippen molar-refractivity contribution in [3.8, 4) is 17.2 Å². The molecule has 5 rings (SSSR count). The van der Waals surface area contributed by atoms with Gasteiger partial charge in [0.25, 0.3) is 11.5 Å².